The molecule has 4 aromatic rings. The number of benzene rings is 2. The highest BCUT2D eigenvalue weighted by molar-refractivity contribution is 7.96. The van der Waals surface area contributed by atoms with E-state index in [4.69, 9.17) is 23.2 Å². The lowest BCUT2D eigenvalue weighted by Crippen LogP contribution is -2.13. The number of nitrogens with zero attached hydrogens (tertiary/aromatic N) is 2. The number of hydrogen-bond donors (Lipinski definition) is 2. The molecule has 2 N–H and O–H groups in total. The van der Waals surface area contributed by atoms with Crippen molar-refractivity contribution in [3.05, 3.63) is 71.0 Å². The normalized spacial score (nSPS) is 12.7. The summed E-state index contributed by atoms with van der Waals surface area (Å²) in [6.07, 6.45) is 1.60. The van der Waals surface area contributed by atoms with Gasteiger partial charge in [0.1, 0.15) is 9.79 Å². The molecule has 2 heterocycles. The maximum atomic E-state index is 13.4. The SMILES string of the molecule is O=S(=O)(c1ccc(Cl)cc1)c1cn[nH]c1S(=O)(=O)c1cn[nH]c1S(=O)(=O)c1ccc(Cl)cc1. The summed E-state index contributed by atoms with van der Waals surface area (Å²) in [7, 11) is -13.5. The minimum atomic E-state index is -4.73. The number of nitrogens with one attached hydrogen (secondary N) is 2. The smallest absolute Gasteiger partial charge is 0.229 e. The average Bonchev–Trinajstić information content (AvgIpc) is 3.45. The summed E-state index contributed by atoms with van der Waals surface area (Å²) >= 11 is 11.6. The van der Waals surface area contributed by atoms with Crippen LogP contribution in [0.25, 0.3) is 0 Å². The van der Waals surface area contributed by atoms with Gasteiger partial charge in [0.05, 0.1) is 22.2 Å². The van der Waals surface area contributed by atoms with Crippen LogP contribution in [-0.2, 0) is 29.5 Å². The number of H-pyrrole nitrogens is 2. The zero-order chi connectivity index (χ0) is 24.0. The molecule has 0 amide bonds. The molecule has 0 fully saturated rings. The van der Waals surface area contributed by atoms with Gasteiger partial charge in [-0.2, -0.15) is 10.2 Å². The van der Waals surface area contributed by atoms with Crippen LogP contribution in [0.2, 0.25) is 10.0 Å². The number of hydrogen-bond acceptors (Lipinski definition) is 8. The Labute approximate surface area is 198 Å². The predicted molar refractivity (Wildman–Crippen MR) is 116 cm³/mol. The molecule has 0 radical (unpaired) electrons. The van der Waals surface area contributed by atoms with Gasteiger partial charge in [0.2, 0.25) is 29.5 Å². The van der Waals surface area contributed by atoms with E-state index in [0.717, 1.165) is 12.4 Å². The Morgan fingerprint density at radius 2 is 0.909 bits per heavy atom. The van der Waals surface area contributed by atoms with Gasteiger partial charge >= 0.3 is 0 Å². The molecule has 0 spiro atoms. The molecule has 15 heteroatoms. The molecule has 4 rings (SSSR count). The van der Waals surface area contributed by atoms with Crippen LogP contribution in [0.3, 0.4) is 0 Å². The van der Waals surface area contributed by atoms with E-state index in [0.29, 0.717) is 0 Å². The van der Waals surface area contributed by atoms with Crippen molar-refractivity contribution in [3.8, 4) is 0 Å². The van der Waals surface area contributed by atoms with E-state index in [-0.39, 0.29) is 19.8 Å². The van der Waals surface area contributed by atoms with Crippen LogP contribution in [0.1, 0.15) is 0 Å². The van der Waals surface area contributed by atoms with Crippen molar-refractivity contribution in [2.45, 2.75) is 29.6 Å². The summed E-state index contributed by atoms with van der Waals surface area (Å²) in [6, 6.07) is 10.1. The molecule has 172 valence electrons. The first-order valence-electron chi connectivity index (χ1n) is 8.79. The molecular weight excluding hydrogens is 535 g/mol. The number of aromatic amines is 2. The van der Waals surface area contributed by atoms with Crippen LogP contribution in [0.4, 0.5) is 0 Å². The maximum absolute atomic E-state index is 13.4. The average molecular weight is 547 g/mol. The second-order valence-electron chi connectivity index (χ2n) is 6.54. The maximum Gasteiger partial charge on any atom is 0.229 e. The fourth-order valence-corrected chi connectivity index (χ4v) is 8.09. The third kappa shape index (κ3) is 4.06. The molecule has 0 atom stereocenters. The fourth-order valence-electron chi connectivity index (χ4n) is 2.88. The van der Waals surface area contributed by atoms with Gasteiger partial charge in [0.25, 0.3) is 0 Å². The molecule has 0 unspecified atom stereocenters. The minimum absolute atomic E-state index is 0.231. The molecule has 2 aromatic carbocycles. The predicted octanol–water partition coefficient (Wildman–Crippen LogP) is 2.94. The Hall–Kier alpha value is -2.71. The summed E-state index contributed by atoms with van der Waals surface area (Å²) < 4.78 is 78.9. The first-order valence-corrected chi connectivity index (χ1v) is 14.0. The third-order valence-electron chi connectivity index (χ3n) is 4.51. The highest BCUT2D eigenvalue weighted by Gasteiger charge is 2.37. The number of halogens is 2. The molecule has 0 aliphatic heterocycles. The van der Waals surface area contributed by atoms with Crippen LogP contribution in [0.5, 0.6) is 0 Å². The number of sulfone groups is 3. The summed E-state index contributed by atoms with van der Waals surface area (Å²) in [6.45, 7) is 0. The van der Waals surface area contributed by atoms with E-state index < -0.39 is 49.4 Å². The molecule has 0 aliphatic rings. The first-order chi connectivity index (χ1) is 15.5. The summed E-state index contributed by atoms with van der Waals surface area (Å²) in [5.41, 5.74) is 0. The zero-order valence-electron chi connectivity index (χ0n) is 16.1. The molecule has 33 heavy (non-hydrogen) atoms. The second kappa shape index (κ2) is 8.25. The lowest BCUT2D eigenvalue weighted by atomic mass is 10.4. The fraction of sp³-hybridized carbons (Fsp3) is 0. The van der Waals surface area contributed by atoms with Gasteiger partial charge in [-0.3, -0.25) is 10.2 Å². The lowest BCUT2D eigenvalue weighted by molar-refractivity contribution is 0.573. The molecule has 0 bridgehead atoms. The van der Waals surface area contributed by atoms with E-state index in [2.05, 4.69) is 20.4 Å². The van der Waals surface area contributed by atoms with Crippen LogP contribution in [-0.4, -0.2) is 45.6 Å². The van der Waals surface area contributed by atoms with Crippen LogP contribution in [0, 0.1) is 0 Å². The standard InChI is InChI=1S/C18H12Cl2N4O6S3/c19-11-1-5-13(6-2-11)31(25,26)15-9-21-24-18(15)33(29,30)16-10-22-23-17(16)32(27,28)14-7-3-12(20)4-8-14/h1-10H,(H,21,24)(H,22,23). The van der Waals surface area contributed by atoms with E-state index in [1.807, 2.05) is 0 Å². The Bertz CT molecular complexity index is 1540. The molecule has 2 aromatic heterocycles. The third-order valence-corrected chi connectivity index (χ3v) is 10.5. The van der Waals surface area contributed by atoms with Crippen molar-refractivity contribution in [1.82, 2.24) is 20.4 Å². The minimum Gasteiger partial charge on any atom is -0.266 e. The highest BCUT2D eigenvalue weighted by Crippen LogP contribution is 2.33. The van der Waals surface area contributed by atoms with Gasteiger partial charge in [-0.15, -0.1) is 0 Å². The number of aromatic nitrogens is 4. The van der Waals surface area contributed by atoms with Gasteiger partial charge in [0.15, 0.2) is 10.1 Å². The molecule has 0 saturated carbocycles. The Kier molecular flexibility index (Phi) is 5.87. The quantitative estimate of drug-likeness (QED) is 0.373. The Morgan fingerprint density at radius 1 is 0.545 bits per heavy atom. The van der Waals surface area contributed by atoms with E-state index >= 15 is 0 Å². The topological polar surface area (TPSA) is 160 Å². The Balaban J connectivity index is 1.85. The van der Waals surface area contributed by atoms with Gasteiger partial charge < -0.3 is 0 Å². The van der Waals surface area contributed by atoms with E-state index in [1.165, 1.54) is 48.5 Å². The van der Waals surface area contributed by atoms with Crippen molar-refractivity contribution >= 4 is 52.7 Å². The summed E-state index contributed by atoms with van der Waals surface area (Å²) in [5, 5.41) is 10.5. The van der Waals surface area contributed by atoms with Crippen molar-refractivity contribution in [2.24, 2.45) is 0 Å². The van der Waals surface area contributed by atoms with Crippen molar-refractivity contribution in [3.63, 3.8) is 0 Å². The Morgan fingerprint density at radius 3 is 1.36 bits per heavy atom. The second-order valence-corrected chi connectivity index (χ2v) is 13.1. The summed E-state index contributed by atoms with van der Waals surface area (Å²) in [4.78, 5) is -1.90. The van der Waals surface area contributed by atoms with Crippen LogP contribution in [0.15, 0.2) is 90.6 Å². The molecule has 0 aliphatic carbocycles. The van der Waals surface area contributed by atoms with E-state index in [1.54, 1.807) is 0 Å². The van der Waals surface area contributed by atoms with Gasteiger partial charge in [-0.1, -0.05) is 23.2 Å². The number of rotatable bonds is 6. The van der Waals surface area contributed by atoms with Gasteiger partial charge in [-0.05, 0) is 48.5 Å². The van der Waals surface area contributed by atoms with Gasteiger partial charge in [0, 0.05) is 10.0 Å². The first kappa shape index (κ1) is 23.4. The van der Waals surface area contributed by atoms with Crippen LogP contribution >= 0.6 is 23.2 Å². The molecule has 0 saturated heterocycles. The van der Waals surface area contributed by atoms with Gasteiger partial charge in [-0.25, -0.2) is 25.3 Å². The molecular formula is C18H12Cl2N4O6S3. The lowest BCUT2D eigenvalue weighted by Gasteiger charge is -2.08. The highest BCUT2D eigenvalue weighted by atomic mass is 35.5. The zero-order valence-corrected chi connectivity index (χ0v) is 20.1. The van der Waals surface area contributed by atoms with Crippen molar-refractivity contribution < 1.29 is 25.3 Å². The largest absolute Gasteiger partial charge is 0.266 e. The monoisotopic (exact) mass is 546 g/mol. The van der Waals surface area contributed by atoms with E-state index in [9.17, 15) is 25.3 Å². The molecule has 10 nitrogen and oxygen atoms in total. The van der Waals surface area contributed by atoms with Crippen molar-refractivity contribution in [1.29, 1.82) is 0 Å². The summed E-state index contributed by atoms with van der Waals surface area (Å²) in [5.74, 6) is 0. The van der Waals surface area contributed by atoms with Crippen molar-refractivity contribution in [2.75, 3.05) is 0 Å². The van der Waals surface area contributed by atoms with Crippen LogP contribution < -0.4 is 0 Å².